The minimum Gasteiger partial charge on any atom is -0.444 e. The molecule has 1 spiro atoms. The highest BCUT2D eigenvalue weighted by atomic mass is 32.1. The van der Waals surface area contributed by atoms with Crippen LogP contribution in [0.3, 0.4) is 0 Å². The molecule has 1 aromatic heterocycles. The lowest BCUT2D eigenvalue weighted by molar-refractivity contribution is -0.119. The number of rotatable bonds is 2. The number of aromatic nitrogens is 1. The van der Waals surface area contributed by atoms with Crippen molar-refractivity contribution in [1.82, 2.24) is 9.27 Å². The molecule has 7 heteroatoms. The first kappa shape index (κ1) is 16.3. The lowest BCUT2D eigenvalue weighted by Crippen LogP contribution is -2.54. The first-order chi connectivity index (χ1) is 11.8. The normalized spacial score (nSPS) is 21.1. The molecule has 1 saturated heterocycles. The largest absolute Gasteiger partial charge is 0.444 e. The second-order valence-electron chi connectivity index (χ2n) is 8.02. The fourth-order valence-corrected chi connectivity index (χ4v) is 4.04. The first-order valence-corrected chi connectivity index (χ1v) is 9.16. The van der Waals surface area contributed by atoms with E-state index >= 15 is 0 Å². The molecule has 2 heterocycles. The highest BCUT2D eigenvalue weighted by Gasteiger charge is 2.65. The Labute approximate surface area is 150 Å². The maximum absolute atomic E-state index is 12.5. The van der Waals surface area contributed by atoms with Crippen LogP contribution >= 0.6 is 11.5 Å². The summed E-state index contributed by atoms with van der Waals surface area (Å²) in [5, 5.41) is 4.03. The molecule has 1 aliphatic carbocycles. The van der Waals surface area contributed by atoms with Gasteiger partial charge in [0.05, 0.1) is 4.70 Å². The molecule has 1 N–H and O–H groups in total. The number of anilines is 1. The van der Waals surface area contributed by atoms with Crippen LogP contribution in [0.25, 0.3) is 10.1 Å². The van der Waals surface area contributed by atoms with Crippen molar-refractivity contribution >= 4 is 39.3 Å². The van der Waals surface area contributed by atoms with E-state index in [0.717, 1.165) is 22.2 Å². The van der Waals surface area contributed by atoms with Gasteiger partial charge in [0.2, 0.25) is 5.91 Å². The van der Waals surface area contributed by atoms with Crippen LogP contribution in [0.1, 0.15) is 27.2 Å². The summed E-state index contributed by atoms with van der Waals surface area (Å²) < 4.78 is 10.6. The lowest BCUT2D eigenvalue weighted by atomic mass is 9.94. The van der Waals surface area contributed by atoms with Crippen molar-refractivity contribution in [2.45, 2.75) is 32.8 Å². The van der Waals surface area contributed by atoms with Gasteiger partial charge < -0.3 is 15.0 Å². The second-order valence-corrected chi connectivity index (χ2v) is 8.86. The topological polar surface area (TPSA) is 71.5 Å². The highest BCUT2D eigenvalue weighted by Crippen LogP contribution is 2.59. The van der Waals surface area contributed by atoms with Crippen molar-refractivity contribution in [2.75, 3.05) is 18.4 Å². The van der Waals surface area contributed by atoms with Gasteiger partial charge in [0.1, 0.15) is 5.60 Å². The summed E-state index contributed by atoms with van der Waals surface area (Å²) in [6.45, 7) is 6.77. The highest BCUT2D eigenvalue weighted by molar-refractivity contribution is 7.13. The fourth-order valence-electron chi connectivity index (χ4n) is 3.42. The van der Waals surface area contributed by atoms with E-state index in [1.165, 1.54) is 11.5 Å². The van der Waals surface area contributed by atoms with E-state index in [-0.39, 0.29) is 23.3 Å². The molecule has 1 aliphatic heterocycles. The lowest BCUT2D eigenvalue weighted by Gasteiger charge is -2.41. The number of benzene rings is 1. The zero-order chi connectivity index (χ0) is 17.8. The molecule has 1 saturated carbocycles. The number of nitrogens with zero attached hydrogens (tertiary/aromatic N) is 2. The van der Waals surface area contributed by atoms with Crippen molar-refractivity contribution in [2.24, 2.45) is 11.3 Å². The monoisotopic (exact) mass is 359 g/mol. The van der Waals surface area contributed by atoms with Crippen LogP contribution in [0.15, 0.2) is 24.4 Å². The van der Waals surface area contributed by atoms with E-state index in [1.807, 2.05) is 39.0 Å². The van der Waals surface area contributed by atoms with Crippen LogP contribution in [0.2, 0.25) is 0 Å². The van der Waals surface area contributed by atoms with E-state index < -0.39 is 5.60 Å². The second kappa shape index (κ2) is 5.42. The molecule has 0 bridgehead atoms. The summed E-state index contributed by atoms with van der Waals surface area (Å²) >= 11 is 1.44. The van der Waals surface area contributed by atoms with Crippen LogP contribution in [0.4, 0.5) is 10.5 Å². The molecule has 1 aromatic carbocycles. The third-order valence-electron chi connectivity index (χ3n) is 4.79. The van der Waals surface area contributed by atoms with Gasteiger partial charge in [0.25, 0.3) is 0 Å². The van der Waals surface area contributed by atoms with E-state index in [9.17, 15) is 9.59 Å². The van der Waals surface area contributed by atoms with Crippen molar-refractivity contribution in [3.8, 4) is 0 Å². The van der Waals surface area contributed by atoms with Gasteiger partial charge in [-0.2, -0.15) is 4.37 Å². The number of ether oxygens (including phenoxy) is 1. The van der Waals surface area contributed by atoms with Crippen LogP contribution in [-0.4, -0.2) is 40.0 Å². The number of likely N-dealkylation sites (tertiary alicyclic amines) is 1. The standard InChI is InChI=1S/C18H21N3O3S/c1-17(2,3)24-16(23)21-9-18(10-21)7-13(18)15(22)20-12-4-5-14-11(6-12)8-19-25-14/h4-6,8,13H,7,9-10H2,1-3H3,(H,20,22). The Hall–Kier alpha value is -2.15. The molecule has 0 radical (unpaired) electrons. The van der Waals surface area contributed by atoms with Crippen LogP contribution in [0, 0.1) is 11.3 Å². The summed E-state index contributed by atoms with van der Waals surface area (Å²) in [4.78, 5) is 26.2. The average molecular weight is 359 g/mol. The molecule has 25 heavy (non-hydrogen) atoms. The molecule has 1 atom stereocenters. The van der Waals surface area contributed by atoms with E-state index in [4.69, 9.17) is 4.74 Å². The van der Waals surface area contributed by atoms with Crippen LogP contribution in [0.5, 0.6) is 0 Å². The summed E-state index contributed by atoms with van der Waals surface area (Å²) in [7, 11) is 0. The SMILES string of the molecule is CC(C)(C)OC(=O)N1CC2(CC2C(=O)Nc2ccc3sncc3c2)C1. The van der Waals surface area contributed by atoms with E-state index in [1.54, 1.807) is 11.1 Å². The number of fused-ring (bicyclic) bond motifs is 1. The molecule has 6 nitrogen and oxygen atoms in total. The number of carbonyl (C=O) groups is 2. The van der Waals surface area contributed by atoms with Gasteiger partial charge in [0.15, 0.2) is 0 Å². The maximum atomic E-state index is 12.5. The van der Waals surface area contributed by atoms with Crippen LogP contribution in [-0.2, 0) is 9.53 Å². The Morgan fingerprint density at radius 2 is 2.12 bits per heavy atom. The first-order valence-electron chi connectivity index (χ1n) is 8.39. The quantitative estimate of drug-likeness (QED) is 0.891. The molecule has 132 valence electrons. The summed E-state index contributed by atoms with van der Waals surface area (Å²) in [5.41, 5.74) is 0.257. The van der Waals surface area contributed by atoms with Gasteiger partial charge in [-0.3, -0.25) is 4.79 Å². The van der Waals surface area contributed by atoms with Gasteiger partial charge in [-0.15, -0.1) is 0 Å². The molecular weight excluding hydrogens is 338 g/mol. The zero-order valence-corrected chi connectivity index (χ0v) is 15.4. The third-order valence-corrected chi connectivity index (χ3v) is 5.57. The molecule has 2 fully saturated rings. The molecule has 1 unspecified atom stereocenters. The molecule has 2 amide bonds. The Morgan fingerprint density at radius 1 is 1.36 bits per heavy atom. The van der Waals surface area contributed by atoms with Crippen molar-refractivity contribution in [1.29, 1.82) is 0 Å². The Morgan fingerprint density at radius 3 is 2.84 bits per heavy atom. The van der Waals surface area contributed by atoms with Gasteiger partial charge in [-0.05, 0) is 56.9 Å². The summed E-state index contributed by atoms with van der Waals surface area (Å²) in [5.74, 6) is 0.00820. The van der Waals surface area contributed by atoms with E-state index in [0.29, 0.717) is 13.1 Å². The smallest absolute Gasteiger partial charge is 0.410 e. The number of nitrogens with one attached hydrogen (secondary N) is 1. The maximum Gasteiger partial charge on any atom is 0.410 e. The van der Waals surface area contributed by atoms with E-state index in [2.05, 4.69) is 9.69 Å². The Bertz CT molecular complexity index is 849. The van der Waals surface area contributed by atoms with Crippen LogP contribution < -0.4 is 5.32 Å². The Balaban J connectivity index is 1.33. The molecule has 4 rings (SSSR count). The van der Waals surface area contributed by atoms with Gasteiger partial charge in [-0.25, -0.2) is 4.79 Å². The summed E-state index contributed by atoms with van der Waals surface area (Å²) in [6.07, 6.45) is 2.35. The number of carbonyl (C=O) groups excluding carboxylic acids is 2. The number of hydrogen-bond donors (Lipinski definition) is 1. The van der Waals surface area contributed by atoms with Gasteiger partial charge >= 0.3 is 6.09 Å². The van der Waals surface area contributed by atoms with Crippen molar-refractivity contribution in [3.05, 3.63) is 24.4 Å². The molecular formula is C18H21N3O3S. The van der Waals surface area contributed by atoms with Crippen molar-refractivity contribution in [3.63, 3.8) is 0 Å². The third kappa shape index (κ3) is 3.08. The minimum absolute atomic E-state index is 0.0255. The Kier molecular flexibility index (Phi) is 3.54. The fraction of sp³-hybridized carbons (Fsp3) is 0.500. The number of amides is 2. The van der Waals surface area contributed by atoms with Crippen molar-refractivity contribution < 1.29 is 14.3 Å². The van der Waals surface area contributed by atoms with Gasteiger partial charge in [0, 0.05) is 41.7 Å². The average Bonchev–Trinajstić information content (AvgIpc) is 3.07. The summed E-state index contributed by atoms with van der Waals surface area (Å²) in [6, 6.07) is 5.82. The molecule has 2 aliphatic rings. The molecule has 2 aromatic rings. The predicted octanol–water partition coefficient (Wildman–Crippen LogP) is 3.49. The van der Waals surface area contributed by atoms with Gasteiger partial charge in [-0.1, -0.05) is 0 Å². The minimum atomic E-state index is -0.491. The number of hydrogen-bond acceptors (Lipinski definition) is 5. The zero-order valence-electron chi connectivity index (χ0n) is 14.5. The predicted molar refractivity (Wildman–Crippen MR) is 96.6 cm³/mol.